The summed E-state index contributed by atoms with van der Waals surface area (Å²) in [6.07, 6.45) is 7.55. The van der Waals surface area contributed by atoms with Gasteiger partial charge in [-0.05, 0) is 49.9 Å². The minimum absolute atomic E-state index is 0.575. The Balaban J connectivity index is 2.15. The van der Waals surface area contributed by atoms with Crippen LogP contribution >= 0.6 is 0 Å². The predicted molar refractivity (Wildman–Crippen MR) is 62.1 cm³/mol. The lowest BCUT2D eigenvalue weighted by atomic mass is 9.51. The summed E-state index contributed by atoms with van der Waals surface area (Å²) in [4.78, 5) is 0. The molecule has 0 bridgehead atoms. The number of allylic oxidation sites excluding steroid dienone is 3. The first-order valence-corrected chi connectivity index (χ1v) is 5.84. The van der Waals surface area contributed by atoms with Crippen LogP contribution in [0.15, 0.2) is 23.8 Å². The van der Waals surface area contributed by atoms with Gasteiger partial charge in [-0.3, -0.25) is 0 Å². The van der Waals surface area contributed by atoms with Gasteiger partial charge in [-0.25, -0.2) is 0 Å². The van der Waals surface area contributed by atoms with E-state index in [-0.39, 0.29) is 0 Å². The largest absolute Gasteiger partial charge is 0.0993 e. The molecule has 2 aliphatic carbocycles. The van der Waals surface area contributed by atoms with Gasteiger partial charge in [0.15, 0.2) is 0 Å². The summed E-state index contributed by atoms with van der Waals surface area (Å²) in [5, 5.41) is 0. The van der Waals surface area contributed by atoms with E-state index in [2.05, 4.69) is 33.4 Å². The van der Waals surface area contributed by atoms with Gasteiger partial charge in [-0.1, -0.05) is 37.6 Å². The molecule has 0 heteroatoms. The first kappa shape index (κ1) is 10.0. The standard InChI is InChI=1S/C14H22/c1-10-5-7-11(2)12-9-14(3,4)13(12)8-6-10/h5,12-13H,2,6-9H2,1,3-4H3/b10-5+/t12-,13-/m1/s1. The van der Waals surface area contributed by atoms with Crippen molar-refractivity contribution in [1.82, 2.24) is 0 Å². The molecule has 0 aromatic carbocycles. The van der Waals surface area contributed by atoms with Gasteiger partial charge in [-0.15, -0.1) is 0 Å². The molecule has 0 aromatic heterocycles. The normalized spacial score (nSPS) is 39.9. The topological polar surface area (TPSA) is 0 Å². The van der Waals surface area contributed by atoms with E-state index in [1.54, 1.807) is 5.57 Å². The van der Waals surface area contributed by atoms with Gasteiger partial charge in [0.2, 0.25) is 0 Å². The molecule has 0 unspecified atom stereocenters. The van der Waals surface area contributed by atoms with E-state index >= 15 is 0 Å². The third-order valence-electron chi connectivity index (χ3n) is 4.32. The van der Waals surface area contributed by atoms with Crippen LogP contribution in [0.4, 0.5) is 0 Å². The van der Waals surface area contributed by atoms with E-state index in [1.165, 1.54) is 24.8 Å². The van der Waals surface area contributed by atoms with Crippen molar-refractivity contribution in [1.29, 1.82) is 0 Å². The maximum absolute atomic E-state index is 4.25. The average Bonchev–Trinajstić information content (AvgIpc) is 2.09. The highest BCUT2D eigenvalue weighted by atomic mass is 14.5. The zero-order valence-corrected chi connectivity index (χ0v) is 9.77. The molecule has 2 atom stereocenters. The summed E-state index contributed by atoms with van der Waals surface area (Å²) in [5.41, 5.74) is 3.62. The molecule has 0 aliphatic heterocycles. The molecule has 78 valence electrons. The molecule has 0 spiro atoms. The van der Waals surface area contributed by atoms with Crippen LogP contribution in [0.1, 0.15) is 46.5 Å². The molecule has 0 aromatic rings. The van der Waals surface area contributed by atoms with Crippen molar-refractivity contribution in [2.24, 2.45) is 17.3 Å². The summed E-state index contributed by atoms with van der Waals surface area (Å²) in [6, 6.07) is 0. The van der Waals surface area contributed by atoms with E-state index in [4.69, 9.17) is 0 Å². The summed E-state index contributed by atoms with van der Waals surface area (Å²) < 4.78 is 0. The molecule has 0 amide bonds. The SMILES string of the molecule is C=C1C/C=C(\C)CC[C@@H]2[C@@H]1CC2(C)C. The van der Waals surface area contributed by atoms with Gasteiger partial charge in [-0.2, -0.15) is 0 Å². The Bertz CT molecular complexity index is 280. The van der Waals surface area contributed by atoms with Crippen LogP contribution in [-0.4, -0.2) is 0 Å². The molecular formula is C14H22. The second kappa shape index (κ2) is 3.25. The fraction of sp³-hybridized carbons (Fsp3) is 0.714. The van der Waals surface area contributed by atoms with Crippen LogP contribution in [-0.2, 0) is 0 Å². The maximum atomic E-state index is 4.25. The minimum Gasteiger partial charge on any atom is -0.0993 e. The molecule has 2 rings (SSSR count). The summed E-state index contributed by atoms with van der Waals surface area (Å²) in [7, 11) is 0. The van der Waals surface area contributed by atoms with Gasteiger partial charge >= 0.3 is 0 Å². The molecular weight excluding hydrogens is 168 g/mol. The van der Waals surface area contributed by atoms with Crippen molar-refractivity contribution in [3.8, 4) is 0 Å². The lowest BCUT2D eigenvalue weighted by molar-refractivity contribution is 0.00311. The van der Waals surface area contributed by atoms with E-state index in [1.807, 2.05) is 0 Å². The van der Waals surface area contributed by atoms with Crippen LogP contribution in [0.5, 0.6) is 0 Å². The second-order valence-electron chi connectivity index (χ2n) is 5.86. The van der Waals surface area contributed by atoms with E-state index in [0.29, 0.717) is 5.41 Å². The summed E-state index contributed by atoms with van der Waals surface area (Å²) in [5.74, 6) is 1.73. The first-order chi connectivity index (χ1) is 6.50. The molecule has 0 saturated heterocycles. The molecule has 1 saturated carbocycles. The van der Waals surface area contributed by atoms with Crippen molar-refractivity contribution in [3.63, 3.8) is 0 Å². The third-order valence-corrected chi connectivity index (χ3v) is 4.32. The fourth-order valence-electron chi connectivity index (χ4n) is 3.21. The van der Waals surface area contributed by atoms with Crippen LogP contribution < -0.4 is 0 Å². The van der Waals surface area contributed by atoms with Crippen LogP contribution in [0.3, 0.4) is 0 Å². The van der Waals surface area contributed by atoms with E-state index in [0.717, 1.165) is 18.3 Å². The highest BCUT2D eigenvalue weighted by Gasteiger charge is 2.47. The van der Waals surface area contributed by atoms with Crippen LogP contribution in [0, 0.1) is 17.3 Å². The van der Waals surface area contributed by atoms with Crippen molar-refractivity contribution < 1.29 is 0 Å². The Kier molecular flexibility index (Phi) is 2.33. The smallest absolute Gasteiger partial charge is 0.0136 e. The monoisotopic (exact) mass is 190 g/mol. The first-order valence-electron chi connectivity index (χ1n) is 5.84. The van der Waals surface area contributed by atoms with Gasteiger partial charge < -0.3 is 0 Å². The Morgan fingerprint density at radius 2 is 2.14 bits per heavy atom. The third kappa shape index (κ3) is 1.55. The molecule has 2 aliphatic rings. The second-order valence-corrected chi connectivity index (χ2v) is 5.86. The van der Waals surface area contributed by atoms with Gasteiger partial charge in [0.25, 0.3) is 0 Å². The number of hydrogen-bond acceptors (Lipinski definition) is 0. The van der Waals surface area contributed by atoms with E-state index in [9.17, 15) is 0 Å². The van der Waals surface area contributed by atoms with Crippen LogP contribution in [0.25, 0.3) is 0 Å². The Morgan fingerprint density at radius 3 is 2.79 bits per heavy atom. The highest BCUT2D eigenvalue weighted by Crippen LogP contribution is 2.56. The molecule has 0 heterocycles. The van der Waals surface area contributed by atoms with Crippen molar-refractivity contribution in [2.75, 3.05) is 0 Å². The fourth-order valence-corrected chi connectivity index (χ4v) is 3.21. The van der Waals surface area contributed by atoms with Gasteiger partial charge in [0.05, 0.1) is 0 Å². The predicted octanol–water partition coefficient (Wildman–Crippen LogP) is 4.34. The van der Waals surface area contributed by atoms with Crippen molar-refractivity contribution in [2.45, 2.75) is 46.5 Å². The van der Waals surface area contributed by atoms with Gasteiger partial charge in [0.1, 0.15) is 0 Å². The lowest BCUT2D eigenvalue weighted by Crippen LogP contribution is -2.44. The average molecular weight is 190 g/mol. The molecule has 1 fully saturated rings. The number of fused-ring (bicyclic) bond motifs is 1. The van der Waals surface area contributed by atoms with Crippen LogP contribution in [0.2, 0.25) is 0 Å². The Morgan fingerprint density at radius 1 is 1.43 bits per heavy atom. The molecule has 0 radical (unpaired) electrons. The molecule has 14 heavy (non-hydrogen) atoms. The number of hydrogen-bond donors (Lipinski definition) is 0. The summed E-state index contributed by atoms with van der Waals surface area (Å²) in [6.45, 7) is 11.4. The lowest BCUT2D eigenvalue weighted by Gasteiger charge is -2.53. The molecule has 0 nitrogen and oxygen atoms in total. The molecule has 0 N–H and O–H groups in total. The quantitative estimate of drug-likeness (QED) is 0.499. The van der Waals surface area contributed by atoms with Gasteiger partial charge in [0, 0.05) is 0 Å². The van der Waals surface area contributed by atoms with E-state index < -0.39 is 0 Å². The zero-order chi connectivity index (χ0) is 10.3. The number of rotatable bonds is 0. The zero-order valence-electron chi connectivity index (χ0n) is 9.77. The minimum atomic E-state index is 0.575. The van der Waals surface area contributed by atoms with Crippen molar-refractivity contribution in [3.05, 3.63) is 23.8 Å². The Labute approximate surface area is 88.1 Å². The highest BCUT2D eigenvalue weighted by molar-refractivity contribution is 5.19. The van der Waals surface area contributed by atoms with Crippen molar-refractivity contribution >= 4 is 0 Å². The summed E-state index contributed by atoms with van der Waals surface area (Å²) >= 11 is 0. The Hall–Kier alpha value is -0.520. The maximum Gasteiger partial charge on any atom is -0.0136 e.